The zero-order chi connectivity index (χ0) is 23.6. The third kappa shape index (κ3) is 4.55. The van der Waals surface area contributed by atoms with Gasteiger partial charge in [0.1, 0.15) is 17.4 Å². The number of alkyl halides is 3. The molecule has 3 aromatic carbocycles. The van der Waals surface area contributed by atoms with Crippen LogP contribution in [0, 0.1) is 5.92 Å². The Kier molecular flexibility index (Phi) is 6.09. The molecule has 1 fully saturated rings. The lowest BCUT2D eigenvalue weighted by molar-refractivity contribution is -0.285. The van der Waals surface area contributed by atoms with Crippen molar-refractivity contribution < 1.29 is 27.8 Å². The van der Waals surface area contributed by atoms with Gasteiger partial charge in [0.2, 0.25) is 5.72 Å². The average molecular weight is 472 g/mol. The molecule has 1 aliphatic rings. The summed E-state index contributed by atoms with van der Waals surface area (Å²) in [6.45, 7) is 0. The number of hydrogen-bond acceptors (Lipinski definition) is 4. The van der Waals surface area contributed by atoms with Crippen LogP contribution in [0.2, 0.25) is 0 Å². The molecule has 1 heterocycles. The minimum absolute atomic E-state index is 0.0308. The largest absolute Gasteiger partial charge is 0.457 e. The third-order valence-corrected chi connectivity index (χ3v) is 5.56. The SMILES string of the molecule is O=C(c1ccccc1)[C@@H]1[C@H](c2cccc(Oc3ccccc3)c2)NC(=S)N[C@]1(O)C(F)(F)F. The number of hydrogen-bond donors (Lipinski definition) is 3. The van der Waals surface area contributed by atoms with Crippen LogP contribution >= 0.6 is 12.2 Å². The Morgan fingerprint density at radius 3 is 2.18 bits per heavy atom. The van der Waals surface area contributed by atoms with E-state index in [0.717, 1.165) is 0 Å². The van der Waals surface area contributed by atoms with Gasteiger partial charge in [0, 0.05) is 5.56 Å². The zero-order valence-corrected chi connectivity index (χ0v) is 17.9. The fraction of sp³-hybridized carbons (Fsp3) is 0.167. The molecular weight excluding hydrogens is 453 g/mol. The Hall–Kier alpha value is -3.43. The third-order valence-electron chi connectivity index (χ3n) is 5.34. The van der Waals surface area contributed by atoms with Gasteiger partial charge in [-0.3, -0.25) is 4.79 Å². The molecule has 0 spiro atoms. The first-order valence-corrected chi connectivity index (χ1v) is 10.4. The van der Waals surface area contributed by atoms with Crippen LogP contribution in [-0.4, -0.2) is 27.9 Å². The normalized spacial score (nSPS) is 22.7. The molecule has 3 N–H and O–H groups in total. The van der Waals surface area contributed by atoms with E-state index in [9.17, 15) is 23.1 Å². The summed E-state index contributed by atoms with van der Waals surface area (Å²) < 4.78 is 48.1. The van der Waals surface area contributed by atoms with Gasteiger partial charge < -0.3 is 20.5 Å². The molecule has 5 nitrogen and oxygen atoms in total. The van der Waals surface area contributed by atoms with Gasteiger partial charge in [0.05, 0.1) is 6.04 Å². The second-order valence-corrected chi connectivity index (χ2v) is 7.94. The van der Waals surface area contributed by atoms with E-state index in [0.29, 0.717) is 17.1 Å². The van der Waals surface area contributed by atoms with Crippen molar-refractivity contribution in [2.75, 3.05) is 0 Å². The van der Waals surface area contributed by atoms with Crippen molar-refractivity contribution in [1.29, 1.82) is 0 Å². The molecule has 0 aliphatic carbocycles. The van der Waals surface area contributed by atoms with Crippen molar-refractivity contribution in [1.82, 2.24) is 10.6 Å². The number of benzene rings is 3. The van der Waals surface area contributed by atoms with E-state index in [1.807, 2.05) is 11.4 Å². The molecule has 0 radical (unpaired) electrons. The van der Waals surface area contributed by atoms with Crippen molar-refractivity contribution in [3.8, 4) is 11.5 Å². The highest BCUT2D eigenvalue weighted by atomic mass is 32.1. The van der Waals surface area contributed by atoms with Gasteiger partial charge in [0.25, 0.3) is 0 Å². The van der Waals surface area contributed by atoms with E-state index in [2.05, 4.69) is 5.32 Å². The maximum atomic E-state index is 14.1. The number of Topliss-reactive ketones (excluding diaryl/α,β-unsaturated/α-hetero) is 1. The number of rotatable bonds is 5. The summed E-state index contributed by atoms with van der Waals surface area (Å²) in [6.07, 6.45) is -5.19. The Labute approximate surface area is 193 Å². The molecule has 3 atom stereocenters. The van der Waals surface area contributed by atoms with Gasteiger partial charge in [0.15, 0.2) is 10.9 Å². The molecule has 0 aromatic heterocycles. The first kappa shape index (κ1) is 22.8. The number of ketones is 1. The highest BCUT2D eigenvalue weighted by Gasteiger charge is 2.65. The lowest BCUT2D eigenvalue weighted by Crippen LogP contribution is -2.72. The summed E-state index contributed by atoms with van der Waals surface area (Å²) in [5, 5.41) is 15.0. The van der Waals surface area contributed by atoms with Gasteiger partial charge >= 0.3 is 6.18 Å². The second-order valence-electron chi connectivity index (χ2n) is 7.54. The Morgan fingerprint density at radius 2 is 1.55 bits per heavy atom. The maximum absolute atomic E-state index is 14.1. The molecule has 0 saturated carbocycles. The first-order valence-electron chi connectivity index (χ1n) is 9.99. The fourth-order valence-corrected chi connectivity index (χ4v) is 4.08. The molecule has 0 bridgehead atoms. The Morgan fingerprint density at radius 1 is 0.939 bits per heavy atom. The van der Waals surface area contributed by atoms with Crippen LogP contribution in [0.3, 0.4) is 0 Å². The number of ether oxygens (including phenoxy) is 1. The highest BCUT2D eigenvalue weighted by molar-refractivity contribution is 7.80. The number of thiocarbonyl (C=S) groups is 1. The van der Waals surface area contributed by atoms with Crippen LogP contribution in [0.1, 0.15) is 22.0 Å². The molecule has 33 heavy (non-hydrogen) atoms. The lowest BCUT2D eigenvalue weighted by Gasteiger charge is -2.46. The molecule has 1 saturated heterocycles. The van der Waals surface area contributed by atoms with Crippen molar-refractivity contribution in [3.05, 3.63) is 96.1 Å². The topological polar surface area (TPSA) is 70.6 Å². The maximum Gasteiger partial charge on any atom is 0.437 e. The molecular formula is C24H19F3N2O3S. The summed E-state index contributed by atoms with van der Waals surface area (Å²) in [5.74, 6) is -1.98. The van der Waals surface area contributed by atoms with Crippen molar-refractivity contribution in [3.63, 3.8) is 0 Å². The van der Waals surface area contributed by atoms with Gasteiger partial charge in [-0.1, -0.05) is 60.7 Å². The zero-order valence-electron chi connectivity index (χ0n) is 17.0. The minimum atomic E-state index is -5.19. The van der Waals surface area contributed by atoms with Gasteiger partial charge in [-0.05, 0) is 42.0 Å². The van der Waals surface area contributed by atoms with Crippen molar-refractivity contribution in [2.24, 2.45) is 5.92 Å². The fourth-order valence-electron chi connectivity index (χ4n) is 3.79. The Bertz CT molecular complexity index is 1160. The van der Waals surface area contributed by atoms with Gasteiger partial charge in [-0.25, -0.2) is 0 Å². The van der Waals surface area contributed by atoms with E-state index >= 15 is 0 Å². The number of para-hydroxylation sites is 1. The van der Waals surface area contributed by atoms with Crippen LogP contribution in [-0.2, 0) is 0 Å². The predicted octanol–water partition coefficient (Wildman–Crippen LogP) is 4.75. The van der Waals surface area contributed by atoms with Crippen LogP contribution in [0.25, 0.3) is 0 Å². The number of carbonyl (C=O) groups is 1. The number of carbonyl (C=O) groups excluding carboxylic acids is 1. The standard InChI is InChI=1S/C24H19F3N2O3S/c25-24(26,27)23(31)19(21(30)15-8-3-1-4-9-15)20(28-22(33)29-23)16-10-7-13-18(14-16)32-17-11-5-2-6-12-17/h1-14,19-20,31H,(H2,28,29,33)/t19-,20-,23+/m0/s1. The first-order chi connectivity index (χ1) is 15.7. The summed E-state index contributed by atoms with van der Waals surface area (Å²) in [5.41, 5.74) is -3.25. The molecule has 3 aromatic rings. The van der Waals surface area contributed by atoms with E-state index in [1.165, 1.54) is 30.3 Å². The molecule has 9 heteroatoms. The van der Waals surface area contributed by atoms with Crippen LogP contribution in [0.5, 0.6) is 11.5 Å². The molecule has 1 aliphatic heterocycles. The lowest BCUT2D eigenvalue weighted by atomic mass is 9.77. The molecule has 170 valence electrons. The highest BCUT2D eigenvalue weighted by Crippen LogP contribution is 2.44. The van der Waals surface area contributed by atoms with E-state index < -0.39 is 34.8 Å². The second kappa shape index (κ2) is 8.84. The minimum Gasteiger partial charge on any atom is -0.457 e. The van der Waals surface area contributed by atoms with E-state index in [1.54, 1.807) is 48.5 Å². The van der Waals surface area contributed by atoms with Crippen molar-refractivity contribution >= 4 is 23.1 Å². The quantitative estimate of drug-likeness (QED) is 0.368. The monoisotopic (exact) mass is 472 g/mol. The number of nitrogens with one attached hydrogen (secondary N) is 2. The Balaban J connectivity index is 1.78. The van der Waals surface area contributed by atoms with E-state index in [-0.39, 0.29) is 5.56 Å². The summed E-state index contributed by atoms with van der Waals surface area (Å²) in [6, 6.07) is 21.4. The summed E-state index contributed by atoms with van der Waals surface area (Å²) in [7, 11) is 0. The molecule has 0 amide bonds. The summed E-state index contributed by atoms with van der Waals surface area (Å²) in [4.78, 5) is 13.3. The van der Waals surface area contributed by atoms with E-state index in [4.69, 9.17) is 17.0 Å². The van der Waals surface area contributed by atoms with Crippen LogP contribution < -0.4 is 15.4 Å². The van der Waals surface area contributed by atoms with Crippen molar-refractivity contribution in [2.45, 2.75) is 17.9 Å². The van der Waals surface area contributed by atoms with Crippen LogP contribution in [0.4, 0.5) is 13.2 Å². The van der Waals surface area contributed by atoms with Gasteiger partial charge in [-0.2, -0.15) is 13.2 Å². The number of aliphatic hydroxyl groups is 1. The molecule has 4 rings (SSSR count). The predicted molar refractivity (Wildman–Crippen MR) is 120 cm³/mol. The van der Waals surface area contributed by atoms with Crippen LogP contribution in [0.15, 0.2) is 84.9 Å². The average Bonchev–Trinajstić information content (AvgIpc) is 2.79. The smallest absolute Gasteiger partial charge is 0.437 e. The summed E-state index contributed by atoms with van der Waals surface area (Å²) >= 11 is 4.97. The molecule has 0 unspecified atom stereocenters. The van der Waals surface area contributed by atoms with Gasteiger partial charge in [-0.15, -0.1) is 0 Å². The number of halogens is 3.